The van der Waals surface area contributed by atoms with Crippen LogP contribution < -0.4 is 4.74 Å². The molecule has 1 N–H and O–H groups in total. The third kappa shape index (κ3) is 2.75. The Balaban J connectivity index is 1.80. The normalized spacial score (nSPS) is 14.0. The Labute approximate surface area is 150 Å². The van der Waals surface area contributed by atoms with Gasteiger partial charge < -0.3 is 14.6 Å². The average molecular weight is 350 g/mol. The van der Waals surface area contributed by atoms with Crippen LogP contribution in [0, 0.1) is 5.82 Å². The van der Waals surface area contributed by atoms with Crippen LogP contribution in [-0.4, -0.2) is 36.4 Å². The monoisotopic (exact) mass is 350 g/mol. The molecule has 0 unspecified atom stereocenters. The van der Waals surface area contributed by atoms with E-state index in [1.165, 1.54) is 29.8 Å². The van der Waals surface area contributed by atoms with Crippen molar-refractivity contribution in [2.75, 3.05) is 20.7 Å². The van der Waals surface area contributed by atoms with Gasteiger partial charge in [-0.25, -0.2) is 4.39 Å². The van der Waals surface area contributed by atoms with Gasteiger partial charge in [0.15, 0.2) is 0 Å². The highest BCUT2D eigenvalue weighted by Gasteiger charge is 2.22. The summed E-state index contributed by atoms with van der Waals surface area (Å²) in [6, 6.07) is 11.6. The first-order valence-corrected chi connectivity index (χ1v) is 8.48. The van der Waals surface area contributed by atoms with Crippen LogP contribution in [0.4, 0.5) is 4.39 Å². The summed E-state index contributed by atoms with van der Waals surface area (Å²) in [5.74, 6) is 0.344. The molecule has 0 radical (unpaired) electrons. The number of carbonyl (C=O) groups is 1. The Kier molecular flexibility index (Phi) is 3.99. The van der Waals surface area contributed by atoms with Crippen LogP contribution in [0.5, 0.6) is 5.75 Å². The lowest BCUT2D eigenvalue weighted by atomic mass is 10.1. The van der Waals surface area contributed by atoms with E-state index in [1.807, 2.05) is 36.2 Å². The van der Waals surface area contributed by atoms with Gasteiger partial charge in [0.05, 0.1) is 12.8 Å². The number of Topliss-reactive ketones (excluding diaryl/α,β-unsaturated/α-hetero) is 1. The summed E-state index contributed by atoms with van der Waals surface area (Å²) in [5.41, 5.74) is 4.19. The highest BCUT2D eigenvalue weighted by atomic mass is 19.1. The number of ether oxygens (including phenoxy) is 1. The number of ketones is 1. The number of methoxy groups -OCH3 is 1. The first kappa shape index (κ1) is 16.4. The van der Waals surface area contributed by atoms with Crippen LogP contribution in [0.2, 0.25) is 0 Å². The second kappa shape index (κ2) is 6.33. The van der Waals surface area contributed by atoms with E-state index in [4.69, 9.17) is 4.74 Å². The van der Waals surface area contributed by atoms with Gasteiger partial charge in [0.2, 0.25) is 5.78 Å². The first-order chi connectivity index (χ1) is 12.6. The third-order valence-corrected chi connectivity index (χ3v) is 4.87. The van der Waals surface area contributed by atoms with Crippen molar-refractivity contribution < 1.29 is 13.9 Å². The summed E-state index contributed by atoms with van der Waals surface area (Å²) in [4.78, 5) is 18.3. The molecule has 0 aliphatic carbocycles. The van der Waals surface area contributed by atoms with Crippen LogP contribution in [-0.2, 0) is 6.42 Å². The minimum Gasteiger partial charge on any atom is -0.497 e. The Morgan fingerprint density at radius 3 is 2.69 bits per heavy atom. The maximum Gasteiger partial charge on any atom is 0.209 e. The van der Waals surface area contributed by atoms with Crippen molar-refractivity contribution >= 4 is 22.8 Å². The predicted octanol–water partition coefficient (Wildman–Crippen LogP) is 4.03. The standard InChI is InChI=1S/C21H19FN2O2/c1-24-10-9-16-17-11-15(26-2)7-8-18(17)23-19(16)12-20(24)21(25)13-3-5-14(22)6-4-13/h3-8,11-12,23H,9-10H2,1-2H3. The molecule has 26 heavy (non-hydrogen) atoms. The number of allylic oxidation sites excluding steroid dienone is 1. The summed E-state index contributed by atoms with van der Waals surface area (Å²) in [6.45, 7) is 0.718. The third-order valence-electron chi connectivity index (χ3n) is 4.87. The number of rotatable bonds is 3. The summed E-state index contributed by atoms with van der Waals surface area (Å²) >= 11 is 0. The number of fused-ring (bicyclic) bond motifs is 3. The number of nitrogens with zero attached hydrogens (tertiary/aromatic N) is 1. The molecule has 2 aromatic carbocycles. The molecule has 1 aromatic heterocycles. The predicted molar refractivity (Wildman–Crippen MR) is 99.9 cm³/mol. The van der Waals surface area contributed by atoms with E-state index in [9.17, 15) is 9.18 Å². The van der Waals surface area contributed by atoms with E-state index in [-0.39, 0.29) is 11.6 Å². The smallest absolute Gasteiger partial charge is 0.209 e. The zero-order valence-electron chi connectivity index (χ0n) is 14.7. The van der Waals surface area contributed by atoms with Crippen LogP contribution in [0.3, 0.4) is 0 Å². The van der Waals surface area contributed by atoms with Crippen molar-refractivity contribution in [1.29, 1.82) is 0 Å². The summed E-state index contributed by atoms with van der Waals surface area (Å²) in [7, 11) is 3.56. The molecule has 5 heteroatoms. The molecule has 0 atom stereocenters. The number of nitrogens with one attached hydrogen (secondary N) is 1. The molecule has 4 nitrogen and oxygen atoms in total. The molecule has 0 saturated heterocycles. The molecule has 3 aromatic rings. The highest BCUT2D eigenvalue weighted by Crippen LogP contribution is 2.31. The van der Waals surface area contributed by atoms with Crippen molar-refractivity contribution in [2.45, 2.75) is 6.42 Å². The molecule has 0 fully saturated rings. The van der Waals surface area contributed by atoms with Crippen LogP contribution in [0.1, 0.15) is 21.6 Å². The van der Waals surface area contributed by atoms with Crippen LogP contribution in [0.15, 0.2) is 48.2 Å². The number of H-pyrrole nitrogens is 1. The van der Waals surface area contributed by atoms with Gasteiger partial charge in [-0.05, 0) is 60.5 Å². The summed E-state index contributed by atoms with van der Waals surface area (Å²) < 4.78 is 18.5. The molecule has 1 aliphatic rings. The van der Waals surface area contributed by atoms with Gasteiger partial charge in [-0.1, -0.05) is 0 Å². The Bertz CT molecular complexity index is 1020. The SMILES string of the molecule is COc1ccc2[nH]c3c(c2c1)CCN(C)C(C(=O)c1ccc(F)cc1)=C3. The zero-order chi connectivity index (χ0) is 18.3. The number of hydrogen-bond acceptors (Lipinski definition) is 3. The lowest BCUT2D eigenvalue weighted by Gasteiger charge is -2.19. The van der Waals surface area contributed by atoms with E-state index in [0.29, 0.717) is 11.3 Å². The quantitative estimate of drug-likeness (QED) is 0.726. The molecule has 0 bridgehead atoms. The molecule has 4 rings (SSSR count). The minimum atomic E-state index is -0.350. The van der Waals surface area contributed by atoms with Gasteiger partial charge in [0, 0.05) is 35.8 Å². The second-order valence-electron chi connectivity index (χ2n) is 6.47. The number of likely N-dealkylation sites (N-methyl/N-ethyl adjacent to an activating group) is 1. The van der Waals surface area contributed by atoms with Crippen molar-refractivity contribution in [1.82, 2.24) is 9.88 Å². The average Bonchev–Trinajstić information content (AvgIpc) is 2.91. The van der Waals surface area contributed by atoms with E-state index in [1.54, 1.807) is 7.11 Å². The highest BCUT2D eigenvalue weighted by molar-refractivity contribution is 6.11. The largest absolute Gasteiger partial charge is 0.497 e. The van der Waals surface area contributed by atoms with Gasteiger partial charge in [-0.15, -0.1) is 0 Å². The molecule has 0 saturated carbocycles. The molecular weight excluding hydrogens is 331 g/mol. The lowest BCUT2D eigenvalue weighted by Crippen LogP contribution is -2.24. The number of hydrogen-bond donors (Lipinski definition) is 1. The fourth-order valence-corrected chi connectivity index (χ4v) is 3.40. The number of halogens is 1. The van der Waals surface area contributed by atoms with Crippen LogP contribution >= 0.6 is 0 Å². The van der Waals surface area contributed by atoms with Crippen molar-refractivity contribution in [2.24, 2.45) is 0 Å². The van der Waals surface area contributed by atoms with Gasteiger partial charge >= 0.3 is 0 Å². The van der Waals surface area contributed by atoms with Crippen molar-refractivity contribution in [3.8, 4) is 5.75 Å². The van der Waals surface area contributed by atoms with E-state index in [0.717, 1.165) is 35.3 Å². The van der Waals surface area contributed by atoms with Gasteiger partial charge in [-0.2, -0.15) is 0 Å². The summed E-state index contributed by atoms with van der Waals surface area (Å²) in [6.07, 6.45) is 2.70. The van der Waals surface area contributed by atoms with Gasteiger partial charge in [-0.3, -0.25) is 4.79 Å². The van der Waals surface area contributed by atoms with Crippen molar-refractivity contribution in [3.63, 3.8) is 0 Å². The molecule has 2 heterocycles. The number of aromatic amines is 1. The summed E-state index contributed by atoms with van der Waals surface area (Å²) in [5, 5.41) is 1.11. The first-order valence-electron chi connectivity index (χ1n) is 8.48. The van der Waals surface area contributed by atoms with E-state index in [2.05, 4.69) is 4.98 Å². The van der Waals surface area contributed by atoms with Gasteiger partial charge in [0.1, 0.15) is 11.6 Å². The molecule has 1 aliphatic heterocycles. The topological polar surface area (TPSA) is 45.3 Å². The fourth-order valence-electron chi connectivity index (χ4n) is 3.40. The maximum atomic E-state index is 13.2. The van der Waals surface area contributed by atoms with E-state index < -0.39 is 0 Å². The number of carbonyl (C=O) groups excluding carboxylic acids is 1. The van der Waals surface area contributed by atoms with Gasteiger partial charge in [0.25, 0.3) is 0 Å². The Morgan fingerprint density at radius 2 is 1.96 bits per heavy atom. The molecule has 0 spiro atoms. The van der Waals surface area contributed by atoms with E-state index >= 15 is 0 Å². The zero-order valence-corrected chi connectivity index (χ0v) is 14.7. The second-order valence-corrected chi connectivity index (χ2v) is 6.47. The maximum absolute atomic E-state index is 13.2. The lowest BCUT2D eigenvalue weighted by molar-refractivity contribution is 0.100. The van der Waals surface area contributed by atoms with Crippen LogP contribution in [0.25, 0.3) is 17.0 Å². The number of aromatic nitrogens is 1. The minimum absolute atomic E-state index is 0.114. The van der Waals surface area contributed by atoms with Crippen molar-refractivity contribution in [3.05, 3.63) is 70.8 Å². The molecule has 0 amide bonds. The number of benzene rings is 2. The Hall–Kier alpha value is -3.08. The fraction of sp³-hybridized carbons (Fsp3) is 0.190. The molecule has 132 valence electrons. The Morgan fingerprint density at radius 1 is 1.19 bits per heavy atom. The molecular formula is C21H19FN2O2.